The lowest BCUT2D eigenvalue weighted by Gasteiger charge is -2.10. The number of hydrogen-bond acceptors (Lipinski definition) is 1. The monoisotopic (exact) mass is 202 g/mol. The summed E-state index contributed by atoms with van der Waals surface area (Å²) < 4.78 is 2.22. The van der Waals surface area contributed by atoms with E-state index in [0.717, 1.165) is 6.44 Å². The molecule has 0 spiro atoms. The number of fused-ring (bicyclic) bond motifs is 1. The molecule has 0 aromatic carbocycles. The molecular weight excluding hydrogens is 183 g/mol. The van der Waals surface area contributed by atoms with Gasteiger partial charge in [-0.3, -0.25) is 9.38 Å². The van der Waals surface area contributed by atoms with E-state index in [4.69, 9.17) is 0 Å². The van der Waals surface area contributed by atoms with Gasteiger partial charge in [0, 0.05) is 6.07 Å². The molecule has 1 aliphatic heterocycles. The predicted octanol–water partition coefficient (Wildman–Crippen LogP) is 1.80. The summed E-state index contributed by atoms with van der Waals surface area (Å²) in [5.74, 6) is 1.34. The van der Waals surface area contributed by atoms with E-state index in [9.17, 15) is 0 Å². The molecule has 0 unspecified atom stereocenters. The molecule has 0 saturated carbocycles. The third-order valence-corrected chi connectivity index (χ3v) is 2.97. The largest absolute Gasteiger partial charge is 0.443 e. The molecule has 79 valence electrons. The quantitative estimate of drug-likeness (QED) is 0.521. The molecule has 1 aliphatic rings. The summed E-state index contributed by atoms with van der Waals surface area (Å²) in [6, 6.07) is 6.40. The van der Waals surface area contributed by atoms with Gasteiger partial charge in [-0.15, -0.1) is 0 Å². The van der Waals surface area contributed by atoms with Crippen LogP contribution >= 0.6 is 0 Å². The van der Waals surface area contributed by atoms with Crippen LogP contribution in [0.1, 0.15) is 32.6 Å². The zero-order valence-electron chi connectivity index (χ0n) is 9.52. The zero-order valence-corrected chi connectivity index (χ0v) is 9.52. The number of unbranched alkanes of at least 4 members (excludes halogenated alkanes) is 3. The fourth-order valence-corrected chi connectivity index (χ4v) is 2.08. The first-order valence-corrected chi connectivity index (χ1v) is 6.00. The van der Waals surface area contributed by atoms with Crippen LogP contribution in [0, 0.1) is 0 Å². The Morgan fingerprint density at radius 3 is 3.13 bits per heavy atom. The first kappa shape index (κ1) is 10.5. The van der Waals surface area contributed by atoms with Crippen LogP contribution in [0.5, 0.6) is 0 Å². The van der Waals surface area contributed by atoms with Crippen LogP contribution in [0.15, 0.2) is 24.4 Å². The van der Waals surface area contributed by atoms with E-state index >= 15 is 0 Å². The molecule has 0 bridgehead atoms. The van der Waals surface area contributed by atoms with E-state index in [-0.39, 0.29) is 0 Å². The number of pyridine rings is 1. The van der Waals surface area contributed by atoms with Crippen molar-refractivity contribution in [1.82, 2.24) is 0 Å². The molecule has 2 rings (SSSR count). The van der Waals surface area contributed by atoms with Crippen molar-refractivity contribution in [3.05, 3.63) is 24.4 Å². The summed E-state index contributed by atoms with van der Waals surface area (Å²) >= 11 is 0. The highest BCUT2D eigenvalue weighted by Gasteiger charge is 2.27. The highest BCUT2D eigenvalue weighted by Crippen LogP contribution is 2.12. The normalized spacial score (nSPS) is 13.8. The van der Waals surface area contributed by atoms with Crippen LogP contribution < -0.4 is 9.38 Å². The third kappa shape index (κ3) is 2.52. The van der Waals surface area contributed by atoms with Gasteiger partial charge >= 0.3 is 7.41 Å². The minimum atomic E-state index is 1.07. The number of aromatic nitrogens is 1. The highest BCUT2D eigenvalue weighted by molar-refractivity contribution is 6.27. The summed E-state index contributed by atoms with van der Waals surface area (Å²) in [7, 11) is 2.25. The molecule has 0 amide bonds. The van der Waals surface area contributed by atoms with Crippen LogP contribution in [-0.2, 0) is 0 Å². The molecule has 1 radical (unpaired) electrons. The zero-order chi connectivity index (χ0) is 10.5. The number of rotatable bonds is 5. The van der Waals surface area contributed by atoms with Gasteiger partial charge in [-0.1, -0.05) is 25.8 Å². The highest BCUT2D eigenvalue weighted by atomic mass is 15.2. The van der Waals surface area contributed by atoms with Gasteiger partial charge in [-0.25, -0.2) is 0 Å². The van der Waals surface area contributed by atoms with Gasteiger partial charge in [0.2, 0.25) is 0 Å². The Morgan fingerprint density at radius 1 is 1.33 bits per heavy atom. The van der Waals surface area contributed by atoms with Gasteiger partial charge < -0.3 is 0 Å². The van der Waals surface area contributed by atoms with E-state index in [1.54, 1.807) is 0 Å². The van der Waals surface area contributed by atoms with Crippen molar-refractivity contribution in [3.63, 3.8) is 0 Å². The maximum atomic E-state index is 2.45. The SMILES string of the molecule is CCCCCCN1C[B][n+]2ccccc21. The van der Waals surface area contributed by atoms with Crippen molar-refractivity contribution < 1.29 is 4.48 Å². The van der Waals surface area contributed by atoms with Crippen molar-refractivity contribution in [2.24, 2.45) is 0 Å². The van der Waals surface area contributed by atoms with Gasteiger partial charge in [-0.2, -0.15) is 0 Å². The van der Waals surface area contributed by atoms with Crippen LogP contribution in [0.3, 0.4) is 0 Å². The minimum Gasteiger partial charge on any atom is -0.297 e. The Kier molecular flexibility index (Phi) is 3.65. The first-order valence-electron chi connectivity index (χ1n) is 6.00. The molecule has 0 aliphatic carbocycles. The van der Waals surface area contributed by atoms with Gasteiger partial charge in [0.1, 0.15) is 6.44 Å². The third-order valence-electron chi connectivity index (χ3n) is 2.97. The van der Waals surface area contributed by atoms with Gasteiger partial charge in [0.25, 0.3) is 5.82 Å². The molecule has 2 nitrogen and oxygen atoms in total. The fraction of sp³-hybridized carbons (Fsp3) is 0.583. The molecule has 3 heteroatoms. The smallest absolute Gasteiger partial charge is 0.297 e. The number of hydrogen-bond donors (Lipinski definition) is 0. The average Bonchev–Trinajstić information content (AvgIpc) is 2.68. The van der Waals surface area contributed by atoms with Gasteiger partial charge in [-0.05, 0) is 18.9 Å². The lowest BCUT2D eigenvalue weighted by atomic mass is 9.96. The lowest BCUT2D eigenvalue weighted by molar-refractivity contribution is -0.509. The second kappa shape index (κ2) is 5.20. The van der Waals surface area contributed by atoms with Gasteiger partial charge in [0.05, 0.1) is 12.7 Å². The molecule has 1 aromatic heterocycles. The Balaban J connectivity index is 1.85. The van der Waals surface area contributed by atoms with Crippen LogP contribution in [0.4, 0.5) is 5.82 Å². The molecule has 0 N–H and O–H groups in total. The van der Waals surface area contributed by atoms with Crippen LogP contribution in [-0.4, -0.2) is 20.4 Å². The molecule has 0 fully saturated rings. The van der Waals surface area contributed by atoms with E-state index < -0.39 is 0 Å². The topological polar surface area (TPSA) is 7.12 Å². The Labute approximate surface area is 93.2 Å². The summed E-state index contributed by atoms with van der Waals surface area (Å²) in [6.07, 6.45) is 8.55. The van der Waals surface area contributed by atoms with Crippen molar-refractivity contribution in [3.8, 4) is 0 Å². The van der Waals surface area contributed by atoms with Crippen molar-refractivity contribution in [1.29, 1.82) is 0 Å². The molecule has 0 saturated heterocycles. The second-order valence-corrected chi connectivity index (χ2v) is 4.16. The number of nitrogens with zero attached hydrogens (tertiary/aromatic N) is 2. The summed E-state index contributed by atoms with van der Waals surface area (Å²) in [4.78, 5) is 2.45. The lowest BCUT2D eigenvalue weighted by Crippen LogP contribution is -2.36. The van der Waals surface area contributed by atoms with Crippen LogP contribution in [0.2, 0.25) is 0 Å². The fourth-order valence-electron chi connectivity index (χ4n) is 2.08. The minimum absolute atomic E-state index is 1.07. The summed E-state index contributed by atoms with van der Waals surface area (Å²) in [5.41, 5.74) is 0. The average molecular weight is 202 g/mol. The van der Waals surface area contributed by atoms with E-state index in [1.807, 2.05) is 0 Å². The first-order chi connectivity index (χ1) is 7.42. The molecule has 1 aromatic rings. The Bertz CT molecular complexity index is 314. The van der Waals surface area contributed by atoms with E-state index in [1.165, 1.54) is 38.0 Å². The molecule has 0 atom stereocenters. The standard InChI is InChI=1S/C12H19BN2/c1-2-3-4-6-9-14-11-13-15-10-7-5-8-12(14)15/h5,7-8,10H,2-4,6,9,11H2,1H3/q+1. The van der Waals surface area contributed by atoms with Crippen molar-refractivity contribution in [2.75, 3.05) is 17.9 Å². The molecule has 15 heavy (non-hydrogen) atoms. The Hall–Kier alpha value is -0.985. The predicted molar refractivity (Wildman–Crippen MR) is 64.1 cm³/mol. The van der Waals surface area contributed by atoms with Crippen molar-refractivity contribution in [2.45, 2.75) is 32.6 Å². The molecule has 2 heterocycles. The van der Waals surface area contributed by atoms with Crippen LogP contribution in [0.25, 0.3) is 0 Å². The molecular formula is C12H19BN2+. The second-order valence-electron chi connectivity index (χ2n) is 4.16. The van der Waals surface area contributed by atoms with Crippen molar-refractivity contribution >= 4 is 13.2 Å². The van der Waals surface area contributed by atoms with E-state index in [0.29, 0.717) is 0 Å². The Morgan fingerprint density at radius 2 is 2.27 bits per heavy atom. The maximum absolute atomic E-state index is 2.45. The van der Waals surface area contributed by atoms with E-state index in [2.05, 4.69) is 48.1 Å². The maximum Gasteiger partial charge on any atom is 0.443 e. The number of anilines is 1. The summed E-state index contributed by atoms with van der Waals surface area (Å²) in [6.45, 7) is 3.45. The summed E-state index contributed by atoms with van der Waals surface area (Å²) in [5, 5.41) is 0. The van der Waals surface area contributed by atoms with Gasteiger partial charge in [0.15, 0.2) is 0 Å².